The Kier molecular flexibility index (Phi) is 3.57. The Labute approximate surface area is 120 Å². The van der Waals surface area contributed by atoms with Crippen molar-refractivity contribution in [3.8, 4) is 0 Å². The van der Waals surface area contributed by atoms with E-state index in [0.717, 1.165) is 31.2 Å². The van der Waals surface area contributed by atoms with E-state index < -0.39 is 0 Å². The highest BCUT2D eigenvalue weighted by atomic mass is 15.3. The molecule has 1 aliphatic heterocycles. The fraction of sp³-hybridized carbons (Fsp3) is 0.500. The molecule has 2 heterocycles. The van der Waals surface area contributed by atoms with Gasteiger partial charge in [0.1, 0.15) is 11.6 Å². The highest BCUT2D eigenvalue weighted by Crippen LogP contribution is 2.20. The van der Waals surface area contributed by atoms with Crippen LogP contribution in [0, 0.1) is 13.8 Å². The molecule has 1 N–H and O–H groups in total. The van der Waals surface area contributed by atoms with Gasteiger partial charge in [0.05, 0.1) is 6.04 Å². The summed E-state index contributed by atoms with van der Waals surface area (Å²) in [7, 11) is 0. The molecule has 0 fully saturated rings. The molecule has 2 aromatic rings. The Hall–Kier alpha value is -1.68. The van der Waals surface area contributed by atoms with E-state index in [1.165, 1.54) is 23.1 Å². The molecular formula is C16H22N4. The van der Waals surface area contributed by atoms with Gasteiger partial charge in [-0.3, -0.25) is 0 Å². The Morgan fingerprint density at radius 3 is 3.00 bits per heavy atom. The summed E-state index contributed by atoms with van der Waals surface area (Å²) in [5.74, 6) is 2.21. The maximum absolute atomic E-state index is 4.34. The second-order valence-electron chi connectivity index (χ2n) is 5.69. The summed E-state index contributed by atoms with van der Waals surface area (Å²) < 4.78 is 2.26. The van der Waals surface area contributed by atoms with Gasteiger partial charge in [-0.05, 0) is 43.9 Å². The number of hydrogen-bond acceptors (Lipinski definition) is 3. The first-order valence-electron chi connectivity index (χ1n) is 7.37. The lowest BCUT2D eigenvalue weighted by atomic mass is 10.0. The van der Waals surface area contributed by atoms with E-state index >= 15 is 0 Å². The molecule has 4 nitrogen and oxygen atoms in total. The number of fused-ring (bicyclic) bond motifs is 1. The number of nitrogens with zero attached hydrogens (tertiary/aromatic N) is 3. The molecule has 106 valence electrons. The van der Waals surface area contributed by atoms with Crippen LogP contribution < -0.4 is 5.32 Å². The Morgan fingerprint density at radius 2 is 2.15 bits per heavy atom. The van der Waals surface area contributed by atoms with E-state index in [4.69, 9.17) is 0 Å². The predicted octanol–water partition coefficient (Wildman–Crippen LogP) is 2.69. The summed E-state index contributed by atoms with van der Waals surface area (Å²) >= 11 is 0. The van der Waals surface area contributed by atoms with Gasteiger partial charge in [0, 0.05) is 19.5 Å². The largest absolute Gasteiger partial charge is 0.314 e. The van der Waals surface area contributed by atoms with Gasteiger partial charge in [0.25, 0.3) is 0 Å². The van der Waals surface area contributed by atoms with E-state index in [1.54, 1.807) is 0 Å². The summed E-state index contributed by atoms with van der Waals surface area (Å²) in [6.45, 7) is 8.45. The highest BCUT2D eigenvalue weighted by Gasteiger charge is 2.20. The molecule has 1 aliphatic rings. The molecule has 0 saturated carbocycles. The van der Waals surface area contributed by atoms with Crippen molar-refractivity contribution in [1.82, 2.24) is 20.1 Å². The zero-order chi connectivity index (χ0) is 14.1. The standard InChI is InChI=1S/C16H22N4/c1-11-6-4-7-14(12(11)2)10-17-13(3)16-19-18-15-8-5-9-20(15)16/h4,6-7,13,17H,5,8-10H2,1-3H3. The smallest absolute Gasteiger partial charge is 0.149 e. The van der Waals surface area contributed by atoms with Crippen LogP contribution in [0.1, 0.15) is 47.7 Å². The fourth-order valence-electron chi connectivity index (χ4n) is 2.85. The molecule has 4 heteroatoms. The Bertz CT molecular complexity index is 615. The molecule has 1 atom stereocenters. The summed E-state index contributed by atoms with van der Waals surface area (Å²) in [5.41, 5.74) is 4.08. The first kappa shape index (κ1) is 13.3. The van der Waals surface area contributed by atoms with E-state index in [2.05, 4.69) is 59.1 Å². The van der Waals surface area contributed by atoms with Crippen molar-refractivity contribution in [2.45, 2.75) is 52.7 Å². The van der Waals surface area contributed by atoms with Crippen LogP contribution in [0.3, 0.4) is 0 Å². The first-order chi connectivity index (χ1) is 9.66. The van der Waals surface area contributed by atoms with E-state index in [9.17, 15) is 0 Å². The average molecular weight is 270 g/mol. The summed E-state index contributed by atoms with van der Waals surface area (Å²) in [6.07, 6.45) is 2.26. The normalized spacial score (nSPS) is 15.3. The molecular weight excluding hydrogens is 248 g/mol. The van der Waals surface area contributed by atoms with Crippen molar-refractivity contribution < 1.29 is 0 Å². The van der Waals surface area contributed by atoms with Gasteiger partial charge in [0.15, 0.2) is 0 Å². The van der Waals surface area contributed by atoms with Crippen LogP contribution in [0.25, 0.3) is 0 Å². The molecule has 1 aromatic heterocycles. The Morgan fingerprint density at radius 1 is 1.30 bits per heavy atom. The minimum Gasteiger partial charge on any atom is -0.314 e. The average Bonchev–Trinajstić information content (AvgIpc) is 3.02. The highest BCUT2D eigenvalue weighted by molar-refractivity contribution is 5.33. The third kappa shape index (κ3) is 2.36. The van der Waals surface area contributed by atoms with E-state index in [1.807, 2.05) is 0 Å². The molecule has 1 aromatic carbocycles. The Balaban J connectivity index is 1.70. The third-order valence-electron chi connectivity index (χ3n) is 4.34. The molecule has 20 heavy (non-hydrogen) atoms. The van der Waals surface area contributed by atoms with Crippen LogP contribution >= 0.6 is 0 Å². The van der Waals surface area contributed by atoms with Crippen molar-refractivity contribution in [1.29, 1.82) is 0 Å². The van der Waals surface area contributed by atoms with Gasteiger partial charge in [-0.1, -0.05) is 18.2 Å². The number of hydrogen-bond donors (Lipinski definition) is 1. The molecule has 0 saturated heterocycles. The number of aromatic nitrogens is 3. The van der Waals surface area contributed by atoms with Gasteiger partial charge in [-0.15, -0.1) is 10.2 Å². The van der Waals surface area contributed by atoms with Crippen LogP contribution in [0.2, 0.25) is 0 Å². The second-order valence-corrected chi connectivity index (χ2v) is 5.69. The van der Waals surface area contributed by atoms with Gasteiger partial charge in [0.2, 0.25) is 0 Å². The maximum atomic E-state index is 4.34. The fourth-order valence-corrected chi connectivity index (χ4v) is 2.85. The summed E-state index contributed by atoms with van der Waals surface area (Å²) in [5, 5.41) is 12.2. The van der Waals surface area contributed by atoms with Crippen LogP contribution in [0.4, 0.5) is 0 Å². The number of aryl methyl sites for hydroxylation is 2. The van der Waals surface area contributed by atoms with Crippen molar-refractivity contribution in [3.05, 3.63) is 46.5 Å². The van der Waals surface area contributed by atoms with Gasteiger partial charge in [-0.2, -0.15) is 0 Å². The molecule has 0 spiro atoms. The monoisotopic (exact) mass is 270 g/mol. The van der Waals surface area contributed by atoms with Gasteiger partial charge >= 0.3 is 0 Å². The van der Waals surface area contributed by atoms with E-state index in [0.29, 0.717) is 0 Å². The quantitative estimate of drug-likeness (QED) is 0.929. The van der Waals surface area contributed by atoms with Crippen LogP contribution in [0.15, 0.2) is 18.2 Å². The minimum atomic E-state index is 0.231. The van der Waals surface area contributed by atoms with Crippen molar-refractivity contribution in [2.75, 3.05) is 0 Å². The molecule has 1 unspecified atom stereocenters. The SMILES string of the molecule is Cc1cccc(CNC(C)c2nnc3n2CCC3)c1C. The molecule has 0 amide bonds. The third-order valence-corrected chi connectivity index (χ3v) is 4.34. The lowest BCUT2D eigenvalue weighted by Gasteiger charge is -2.15. The number of nitrogens with one attached hydrogen (secondary N) is 1. The van der Waals surface area contributed by atoms with Crippen LogP contribution in [-0.4, -0.2) is 14.8 Å². The summed E-state index contributed by atoms with van der Waals surface area (Å²) in [6, 6.07) is 6.71. The number of benzene rings is 1. The number of rotatable bonds is 4. The van der Waals surface area contributed by atoms with E-state index in [-0.39, 0.29) is 6.04 Å². The van der Waals surface area contributed by atoms with Crippen LogP contribution in [-0.2, 0) is 19.5 Å². The topological polar surface area (TPSA) is 42.7 Å². The molecule has 0 bridgehead atoms. The zero-order valence-electron chi connectivity index (χ0n) is 12.5. The lowest BCUT2D eigenvalue weighted by molar-refractivity contribution is 0.515. The molecule has 3 rings (SSSR count). The molecule has 0 aliphatic carbocycles. The summed E-state index contributed by atoms with van der Waals surface area (Å²) in [4.78, 5) is 0. The van der Waals surface area contributed by atoms with Gasteiger partial charge < -0.3 is 9.88 Å². The predicted molar refractivity (Wildman–Crippen MR) is 79.5 cm³/mol. The van der Waals surface area contributed by atoms with Crippen molar-refractivity contribution >= 4 is 0 Å². The second kappa shape index (κ2) is 5.37. The van der Waals surface area contributed by atoms with Crippen LogP contribution in [0.5, 0.6) is 0 Å². The lowest BCUT2D eigenvalue weighted by Crippen LogP contribution is -2.22. The first-order valence-corrected chi connectivity index (χ1v) is 7.37. The molecule has 0 radical (unpaired) electrons. The van der Waals surface area contributed by atoms with Crippen molar-refractivity contribution in [2.24, 2.45) is 0 Å². The van der Waals surface area contributed by atoms with Gasteiger partial charge in [-0.25, -0.2) is 0 Å². The minimum absolute atomic E-state index is 0.231. The zero-order valence-corrected chi connectivity index (χ0v) is 12.5. The maximum Gasteiger partial charge on any atom is 0.149 e. The van der Waals surface area contributed by atoms with Crippen molar-refractivity contribution in [3.63, 3.8) is 0 Å².